The fourth-order valence-corrected chi connectivity index (χ4v) is 3.90. The fourth-order valence-electron chi connectivity index (χ4n) is 3.22. The maximum Gasteiger partial charge on any atom is 0.236 e. The largest absolute Gasteiger partial charge is 0.467 e. The van der Waals surface area contributed by atoms with Crippen LogP contribution in [-0.4, -0.2) is 36.4 Å². The fraction of sp³-hybridized carbons (Fsp3) is 0.190. The van der Waals surface area contributed by atoms with Crippen molar-refractivity contribution in [2.75, 3.05) is 11.1 Å². The highest BCUT2D eigenvalue weighted by Crippen LogP contribution is 2.30. The second-order valence-corrected chi connectivity index (χ2v) is 7.84. The summed E-state index contributed by atoms with van der Waals surface area (Å²) in [5, 5.41) is 24.5. The number of nitrogens with zero attached hydrogens (tertiary/aromatic N) is 6. The molecule has 0 bridgehead atoms. The minimum absolute atomic E-state index is 0.0239. The van der Waals surface area contributed by atoms with Crippen LogP contribution in [-0.2, 0) is 11.3 Å². The van der Waals surface area contributed by atoms with E-state index in [2.05, 4.69) is 26.9 Å². The number of furan rings is 1. The molecular weight excluding hydrogens is 433 g/mol. The third kappa shape index (κ3) is 4.26. The molecule has 32 heavy (non-hydrogen) atoms. The first kappa shape index (κ1) is 21.3. The van der Waals surface area contributed by atoms with E-state index in [9.17, 15) is 14.4 Å². The van der Waals surface area contributed by atoms with Gasteiger partial charge in [0.25, 0.3) is 0 Å². The van der Waals surface area contributed by atoms with Crippen LogP contribution in [0.1, 0.15) is 22.6 Å². The van der Waals surface area contributed by atoms with Crippen molar-refractivity contribution in [3.63, 3.8) is 0 Å². The van der Waals surface area contributed by atoms with Crippen molar-refractivity contribution in [2.45, 2.75) is 25.5 Å². The molecule has 4 aromatic rings. The molecule has 3 heterocycles. The lowest BCUT2D eigenvalue weighted by Gasteiger charge is -2.13. The van der Waals surface area contributed by atoms with Gasteiger partial charge in [-0.1, -0.05) is 11.8 Å². The summed E-state index contributed by atoms with van der Waals surface area (Å²) < 4.78 is 22.0. The van der Waals surface area contributed by atoms with E-state index in [4.69, 9.17) is 4.42 Å². The summed E-state index contributed by atoms with van der Waals surface area (Å²) in [6.45, 7) is 3.99. The Bertz CT molecular complexity index is 1290. The van der Waals surface area contributed by atoms with Crippen LogP contribution in [0.15, 0.2) is 52.2 Å². The number of hydrogen-bond donors (Lipinski definition) is 1. The molecule has 4 rings (SSSR count). The number of nitriles is 1. The van der Waals surface area contributed by atoms with Gasteiger partial charge < -0.3 is 9.73 Å². The Balaban J connectivity index is 1.53. The Labute approximate surface area is 186 Å². The van der Waals surface area contributed by atoms with Crippen molar-refractivity contribution in [1.29, 1.82) is 5.26 Å². The molecule has 1 aromatic carbocycles. The highest BCUT2D eigenvalue weighted by atomic mass is 32.2. The van der Waals surface area contributed by atoms with Gasteiger partial charge in [-0.15, -0.1) is 5.10 Å². The van der Waals surface area contributed by atoms with Gasteiger partial charge in [0.05, 0.1) is 17.6 Å². The van der Waals surface area contributed by atoms with Crippen molar-refractivity contribution >= 4 is 23.5 Å². The van der Waals surface area contributed by atoms with Crippen molar-refractivity contribution in [2.24, 2.45) is 0 Å². The SMILES string of the molecule is Cc1c(C#N)c(NC(=O)CSc2nnnn2Cc2ccco2)n(-c2ccc(F)cc2)c1C. The van der Waals surface area contributed by atoms with E-state index in [1.54, 1.807) is 42.0 Å². The standard InChI is InChI=1S/C21H18FN7O2S/c1-13-14(2)29(16-7-5-15(22)6-8-16)20(18(13)10-23)24-19(30)12-32-21-25-26-27-28(21)11-17-4-3-9-31-17/h3-9H,11-12H2,1-2H3,(H,24,30). The minimum atomic E-state index is -0.370. The molecule has 0 aliphatic rings. The number of thioether (sulfide) groups is 1. The zero-order valence-corrected chi connectivity index (χ0v) is 18.1. The van der Waals surface area contributed by atoms with Gasteiger partial charge in [-0.25, -0.2) is 9.07 Å². The smallest absolute Gasteiger partial charge is 0.236 e. The number of tetrazole rings is 1. The molecule has 0 saturated heterocycles. The molecule has 0 saturated carbocycles. The number of nitrogens with one attached hydrogen (secondary N) is 1. The zero-order chi connectivity index (χ0) is 22.7. The maximum atomic E-state index is 13.4. The van der Waals surface area contributed by atoms with Gasteiger partial charge in [0.1, 0.15) is 30.0 Å². The Hall–Kier alpha value is -3.91. The van der Waals surface area contributed by atoms with E-state index in [0.29, 0.717) is 34.5 Å². The van der Waals surface area contributed by atoms with E-state index >= 15 is 0 Å². The molecule has 1 N–H and O–H groups in total. The lowest BCUT2D eigenvalue weighted by Crippen LogP contribution is -2.18. The predicted molar refractivity (Wildman–Crippen MR) is 115 cm³/mol. The van der Waals surface area contributed by atoms with Gasteiger partial charge in [0, 0.05) is 11.4 Å². The Morgan fingerprint density at radius 1 is 1.28 bits per heavy atom. The summed E-state index contributed by atoms with van der Waals surface area (Å²) in [6.07, 6.45) is 1.56. The molecule has 0 atom stereocenters. The van der Waals surface area contributed by atoms with Crippen LogP contribution in [0.5, 0.6) is 0 Å². The first-order valence-corrected chi connectivity index (χ1v) is 10.6. The van der Waals surface area contributed by atoms with Crippen LogP contribution >= 0.6 is 11.8 Å². The van der Waals surface area contributed by atoms with E-state index in [1.807, 2.05) is 6.92 Å². The first-order chi connectivity index (χ1) is 15.5. The van der Waals surface area contributed by atoms with E-state index in [0.717, 1.165) is 23.0 Å². The highest BCUT2D eigenvalue weighted by molar-refractivity contribution is 7.99. The summed E-state index contributed by atoms with van der Waals surface area (Å²) in [5.41, 5.74) is 2.51. The molecule has 0 aliphatic carbocycles. The molecule has 3 aromatic heterocycles. The molecule has 162 valence electrons. The summed E-state index contributed by atoms with van der Waals surface area (Å²) in [5.74, 6) is 0.348. The summed E-state index contributed by atoms with van der Waals surface area (Å²) in [6, 6.07) is 11.6. The minimum Gasteiger partial charge on any atom is -0.467 e. The molecule has 1 amide bonds. The average Bonchev–Trinajstić information content (AvgIpc) is 3.50. The molecule has 0 spiro atoms. The number of rotatable bonds is 7. The van der Waals surface area contributed by atoms with Crippen molar-refractivity contribution in [3.8, 4) is 11.8 Å². The van der Waals surface area contributed by atoms with E-state index in [1.165, 1.54) is 16.8 Å². The Morgan fingerprint density at radius 2 is 2.06 bits per heavy atom. The quantitative estimate of drug-likeness (QED) is 0.428. The van der Waals surface area contributed by atoms with Gasteiger partial charge in [-0.2, -0.15) is 5.26 Å². The van der Waals surface area contributed by atoms with Gasteiger partial charge in [0.2, 0.25) is 11.1 Å². The molecular formula is C21H18FN7O2S. The number of hydrogen-bond acceptors (Lipinski definition) is 7. The normalized spacial score (nSPS) is 10.8. The maximum absolute atomic E-state index is 13.4. The molecule has 0 unspecified atom stereocenters. The van der Waals surface area contributed by atoms with E-state index in [-0.39, 0.29) is 17.5 Å². The number of aromatic nitrogens is 5. The number of halogens is 1. The van der Waals surface area contributed by atoms with Crippen LogP contribution < -0.4 is 5.32 Å². The predicted octanol–water partition coefficient (Wildman–Crippen LogP) is 3.46. The Kier molecular flexibility index (Phi) is 6.04. The number of benzene rings is 1. The van der Waals surface area contributed by atoms with Gasteiger partial charge >= 0.3 is 0 Å². The zero-order valence-electron chi connectivity index (χ0n) is 17.2. The number of carbonyl (C=O) groups is 1. The topological polar surface area (TPSA) is 115 Å². The Morgan fingerprint density at radius 3 is 2.75 bits per heavy atom. The van der Waals surface area contributed by atoms with Gasteiger partial charge in [-0.05, 0) is 66.2 Å². The van der Waals surface area contributed by atoms with Crippen LogP contribution in [0.25, 0.3) is 5.69 Å². The molecule has 0 fully saturated rings. The van der Waals surface area contributed by atoms with Crippen LogP contribution in [0.3, 0.4) is 0 Å². The third-order valence-corrected chi connectivity index (χ3v) is 5.84. The van der Waals surface area contributed by atoms with Crippen LogP contribution in [0, 0.1) is 31.0 Å². The van der Waals surface area contributed by atoms with Crippen molar-refractivity contribution < 1.29 is 13.6 Å². The van der Waals surface area contributed by atoms with Crippen molar-refractivity contribution in [3.05, 3.63) is 71.1 Å². The summed E-state index contributed by atoms with van der Waals surface area (Å²) in [4.78, 5) is 12.8. The van der Waals surface area contributed by atoms with Crippen LogP contribution in [0.4, 0.5) is 10.2 Å². The lowest BCUT2D eigenvalue weighted by molar-refractivity contribution is -0.113. The van der Waals surface area contributed by atoms with Gasteiger partial charge in [0.15, 0.2) is 0 Å². The van der Waals surface area contributed by atoms with Gasteiger partial charge in [-0.3, -0.25) is 9.36 Å². The lowest BCUT2D eigenvalue weighted by atomic mass is 10.2. The summed E-state index contributed by atoms with van der Waals surface area (Å²) >= 11 is 1.16. The van der Waals surface area contributed by atoms with Crippen molar-refractivity contribution in [1.82, 2.24) is 24.8 Å². The molecule has 0 aliphatic heterocycles. The van der Waals surface area contributed by atoms with E-state index < -0.39 is 0 Å². The second-order valence-electron chi connectivity index (χ2n) is 6.89. The molecule has 9 nitrogen and oxygen atoms in total. The molecule has 11 heteroatoms. The average molecular weight is 451 g/mol. The number of carbonyl (C=O) groups excluding carboxylic acids is 1. The summed E-state index contributed by atoms with van der Waals surface area (Å²) in [7, 11) is 0. The van der Waals surface area contributed by atoms with Crippen LogP contribution in [0.2, 0.25) is 0 Å². The molecule has 0 radical (unpaired) electrons. The first-order valence-electron chi connectivity index (χ1n) is 9.57. The monoisotopic (exact) mass is 451 g/mol. The third-order valence-electron chi connectivity index (χ3n) is 4.89. The second kappa shape index (κ2) is 9.07. The highest BCUT2D eigenvalue weighted by Gasteiger charge is 2.21. The number of amides is 1. The number of anilines is 1.